The van der Waals surface area contributed by atoms with Crippen LogP contribution in [-0.2, 0) is 12.7 Å². The number of nitrogens with zero attached hydrogens (tertiary/aromatic N) is 2. The first-order chi connectivity index (χ1) is 11.0. The van der Waals surface area contributed by atoms with E-state index in [1.165, 1.54) is 23.9 Å². The second-order valence-corrected chi connectivity index (χ2v) is 6.23. The number of rotatable bonds is 3. The number of amidine groups is 1. The number of halogens is 3. The minimum atomic E-state index is -4.39. The van der Waals surface area contributed by atoms with Gasteiger partial charge in [0, 0.05) is 18.8 Å². The van der Waals surface area contributed by atoms with Crippen LogP contribution in [0, 0.1) is 0 Å². The van der Waals surface area contributed by atoms with Crippen LogP contribution in [0.2, 0.25) is 0 Å². The number of thioether (sulfide) groups is 1. The molecule has 0 spiro atoms. The van der Waals surface area contributed by atoms with Crippen LogP contribution in [0.4, 0.5) is 18.9 Å². The molecule has 0 atom stereocenters. The Labute approximate surface area is 137 Å². The maximum absolute atomic E-state index is 13.1. The molecule has 6 heteroatoms. The Hall–Kier alpha value is -1.95. The Kier molecular flexibility index (Phi) is 4.61. The molecule has 120 valence electrons. The van der Waals surface area contributed by atoms with Gasteiger partial charge in [-0.25, -0.2) is 4.99 Å². The first kappa shape index (κ1) is 15.9. The molecule has 23 heavy (non-hydrogen) atoms. The van der Waals surface area contributed by atoms with Crippen molar-refractivity contribution < 1.29 is 13.2 Å². The van der Waals surface area contributed by atoms with Gasteiger partial charge in [0.1, 0.15) is 0 Å². The normalized spacial score (nSPS) is 17.0. The third-order valence-electron chi connectivity index (χ3n) is 3.50. The smallest absolute Gasteiger partial charge is 0.346 e. The highest BCUT2D eigenvalue weighted by atomic mass is 32.2. The molecular formula is C17H15F3N2S. The third kappa shape index (κ3) is 3.88. The van der Waals surface area contributed by atoms with Crippen molar-refractivity contribution in [2.45, 2.75) is 12.7 Å². The van der Waals surface area contributed by atoms with E-state index < -0.39 is 11.7 Å². The summed E-state index contributed by atoms with van der Waals surface area (Å²) >= 11 is 1.49. The topological polar surface area (TPSA) is 15.6 Å². The molecule has 0 aliphatic carbocycles. The van der Waals surface area contributed by atoms with E-state index in [0.29, 0.717) is 11.7 Å². The quantitative estimate of drug-likeness (QED) is 0.789. The van der Waals surface area contributed by atoms with Crippen molar-refractivity contribution in [1.29, 1.82) is 0 Å². The van der Waals surface area contributed by atoms with Crippen molar-refractivity contribution in [3.63, 3.8) is 0 Å². The van der Waals surface area contributed by atoms with Crippen LogP contribution >= 0.6 is 11.8 Å². The fourth-order valence-corrected chi connectivity index (χ4v) is 3.40. The summed E-state index contributed by atoms with van der Waals surface area (Å²) < 4.78 is 39.2. The van der Waals surface area contributed by atoms with Gasteiger partial charge in [-0.05, 0) is 17.7 Å². The first-order valence-corrected chi connectivity index (χ1v) is 8.19. The molecule has 3 rings (SSSR count). The van der Waals surface area contributed by atoms with Gasteiger partial charge in [-0.3, -0.25) is 0 Å². The molecule has 2 nitrogen and oxygen atoms in total. The first-order valence-electron chi connectivity index (χ1n) is 7.20. The summed E-state index contributed by atoms with van der Waals surface area (Å²) in [6.07, 6.45) is -4.39. The van der Waals surface area contributed by atoms with E-state index in [-0.39, 0.29) is 5.69 Å². The maximum Gasteiger partial charge on any atom is 0.418 e. The molecule has 0 bridgehead atoms. The minimum Gasteiger partial charge on any atom is -0.346 e. The van der Waals surface area contributed by atoms with Gasteiger partial charge < -0.3 is 4.90 Å². The zero-order valence-electron chi connectivity index (χ0n) is 12.3. The zero-order valence-corrected chi connectivity index (χ0v) is 13.1. The van der Waals surface area contributed by atoms with E-state index in [1.54, 1.807) is 6.07 Å². The molecule has 1 saturated heterocycles. The summed E-state index contributed by atoms with van der Waals surface area (Å²) in [5.74, 6) is 0.833. The van der Waals surface area contributed by atoms with Crippen LogP contribution in [0.25, 0.3) is 0 Å². The predicted molar refractivity (Wildman–Crippen MR) is 87.8 cm³/mol. The van der Waals surface area contributed by atoms with E-state index in [1.807, 2.05) is 35.2 Å². The van der Waals surface area contributed by atoms with Gasteiger partial charge in [0.2, 0.25) is 0 Å². The molecule has 1 heterocycles. The average molecular weight is 336 g/mol. The number of hydrogen-bond donors (Lipinski definition) is 0. The van der Waals surface area contributed by atoms with Gasteiger partial charge in [-0.2, -0.15) is 13.2 Å². The summed E-state index contributed by atoms with van der Waals surface area (Å²) in [6, 6.07) is 15.3. The average Bonchev–Trinajstić information content (AvgIpc) is 2.95. The SMILES string of the molecule is FC(F)(F)c1ccccc1N=C1SCCN1Cc1ccccc1. The monoisotopic (exact) mass is 336 g/mol. The second kappa shape index (κ2) is 6.66. The lowest BCUT2D eigenvalue weighted by atomic mass is 10.2. The van der Waals surface area contributed by atoms with Crippen LogP contribution in [-0.4, -0.2) is 22.4 Å². The molecule has 1 aliphatic rings. The van der Waals surface area contributed by atoms with Crippen LogP contribution in [0.15, 0.2) is 59.6 Å². The predicted octanol–water partition coefficient (Wildman–Crippen LogP) is 4.94. The van der Waals surface area contributed by atoms with E-state index in [0.717, 1.165) is 23.9 Å². The molecule has 0 aromatic heterocycles. The van der Waals surface area contributed by atoms with Gasteiger partial charge in [0.05, 0.1) is 11.3 Å². The number of benzene rings is 2. The zero-order chi connectivity index (χ0) is 16.3. The van der Waals surface area contributed by atoms with E-state index in [4.69, 9.17) is 0 Å². The van der Waals surface area contributed by atoms with Crippen molar-refractivity contribution in [1.82, 2.24) is 4.90 Å². The minimum absolute atomic E-state index is 0.0255. The Morgan fingerprint density at radius 1 is 1.00 bits per heavy atom. The molecule has 0 saturated carbocycles. The van der Waals surface area contributed by atoms with Crippen molar-refractivity contribution in [2.24, 2.45) is 4.99 Å². The maximum atomic E-state index is 13.1. The summed E-state index contributed by atoms with van der Waals surface area (Å²) in [4.78, 5) is 6.31. The Bertz CT molecular complexity index is 698. The molecule has 1 fully saturated rings. The third-order valence-corrected chi connectivity index (χ3v) is 4.50. The lowest BCUT2D eigenvalue weighted by Gasteiger charge is -2.18. The fourth-order valence-electron chi connectivity index (χ4n) is 2.40. The molecule has 1 aliphatic heterocycles. The highest BCUT2D eigenvalue weighted by Crippen LogP contribution is 2.37. The molecule has 0 N–H and O–H groups in total. The van der Waals surface area contributed by atoms with Crippen molar-refractivity contribution in [3.8, 4) is 0 Å². The van der Waals surface area contributed by atoms with Crippen molar-refractivity contribution in [2.75, 3.05) is 12.3 Å². The largest absolute Gasteiger partial charge is 0.418 e. The van der Waals surface area contributed by atoms with E-state index >= 15 is 0 Å². The lowest BCUT2D eigenvalue weighted by Crippen LogP contribution is -2.23. The molecule has 0 unspecified atom stereocenters. The second-order valence-electron chi connectivity index (χ2n) is 5.16. The molecule has 0 radical (unpaired) electrons. The molecule has 0 amide bonds. The number of hydrogen-bond acceptors (Lipinski definition) is 2. The Morgan fingerprint density at radius 2 is 1.70 bits per heavy atom. The summed E-state index contributed by atoms with van der Waals surface area (Å²) in [5.41, 5.74) is 0.397. The van der Waals surface area contributed by atoms with Crippen LogP contribution in [0.5, 0.6) is 0 Å². The Balaban J connectivity index is 1.87. The Morgan fingerprint density at radius 3 is 2.43 bits per heavy atom. The molecule has 2 aromatic rings. The van der Waals surface area contributed by atoms with Crippen LogP contribution in [0.1, 0.15) is 11.1 Å². The molecular weight excluding hydrogens is 321 g/mol. The highest BCUT2D eigenvalue weighted by molar-refractivity contribution is 8.14. The molecule has 2 aromatic carbocycles. The van der Waals surface area contributed by atoms with Gasteiger partial charge in [-0.1, -0.05) is 54.2 Å². The number of alkyl halides is 3. The highest BCUT2D eigenvalue weighted by Gasteiger charge is 2.33. The van der Waals surface area contributed by atoms with Crippen LogP contribution in [0.3, 0.4) is 0 Å². The van der Waals surface area contributed by atoms with Gasteiger partial charge in [0.25, 0.3) is 0 Å². The summed E-state index contributed by atoms with van der Waals surface area (Å²) in [6.45, 7) is 1.44. The summed E-state index contributed by atoms with van der Waals surface area (Å²) in [7, 11) is 0. The van der Waals surface area contributed by atoms with Crippen molar-refractivity contribution >= 4 is 22.6 Å². The fraction of sp³-hybridized carbons (Fsp3) is 0.235. The van der Waals surface area contributed by atoms with Gasteiger partial charge >= 0.3 is 6.18 Å². The summed E-state index contributed by atoms with van der Waals surface area (Å²) in [5, 5.41) is 0.644. The number of para-hydroxylation sites is 1. The van der Waals surface area contributed by atoms with Gasteiger partial charge in [-0.15, -0.1) is 0 Å². The standard InChI is InChI=1S/C17H15F3N2S/c18-17(19,20)14-8-4-5-9-15(14)21-16-22(10-11-23-16)12-13-6-2-1-3-7-13/h1-9H,10-12H2. The lowest BCUT2D eigenvalue weighted by molar-refractivity contribution is -0.137. The van der Waals surface area contributed by atoms with Crippen molar-refractivity contribution in [3.05, 3.63) is 65.7 Å². The van der Waals surface area contributed by atoms with E-state index in [9.17, 15) is 13.2 Å². The van der Waals surface area contributed by atoms with E-state index in [2.05, 4.69) is 4.99 Å². The van der Waals surface area contributed by atoms with Crippen LogP contribution < -0.4 is 0 Å². The van der Waals surface area contributed by atoms with Gasteiger partial charge in [0.15, 0.2) is 5.17 Å². The number of aliphatic imine (C=N–C) groups is 1.